The van der Waals surface area contributed by atoms with Crippen LogP contribution in [0.5, 0.6) is 0 Å². The summed E-state index contributed by atoms with van der Waals surface area (Å²) >= 11 is 0.333. The zero-order valence-electron chi connectivity index (χ0n) is 27.1. The first kappa shape index (κ1) is 34.7. The van der Waals surface area contributed by atoms with E-state index in [1.807, 2.05) is 0 Å². The van der Waals surface area contributed by atoms with E-state index in [9.17, 15) is 14.4 Å². The molecule has 0 saturated carbocycles. The van der Waals surface area contributed by atoms with Crippen molar-refractivity contribution in [2.75, 3.05) is 21.6 Å². The third-order valence-corrected chi connectivity index (χ3v) is 9.10. The average Bonchev–Trinajstić information content (AvgIpc) is 3.69. The Labute approximate surface area is 304 Å². The van der Waals surface area contributed by atoms with Crippen molar-refractivity contribution >= 4 is 66.9 Å². The summed E-state index contributed by atoms with van der Waals surface area (Å²) in [7, 11) is 0. The molecule has 1 aliphatic rings. The van der Waals surface area contributed by atoms with Crippen LogP contribution in [-0.2, 0) is 18.9 Å². The molecule has 252 valence electrons. The van der Waals surface area contributed by atoms with Crippen LogP contribution in [0, 0.1) is 0 Å². The number of carbonyl (C=O) groups excluding carboxylic acids is 3. The van der Waals surface area contributed by atoms with Crippen LogP contribution in [0.15, 0.2) is 110 Å². The Morgan fingerprint density at radius 3 is 2.12 bits per heavy atom. The minimum atomic E-state index is -1.70. The van der Waals surface area contributed by atoms with Gasteiger partial charge in [-0.25, -0.2) is 0 Å². The molecule has 1 aliphatic heterocycles. The fourth-order valence-corrected chi connectivity index (χ4v) is 6.13. The number of carbonyl (C=O) groups is 3. The van der Waals surface area contributed by atoms with E-state index in [4.69, 9.17) is 23.9 Å². The van der Waals surface area contributed by atoms with Crippen molar-refractivity contribution in [1.82, 2.24) is 19.5 Å². The molecule has 0 aliphatic carbocycles. The molecule has 1 saturated heterocycles. The Bertz CT molecular complexity index is 1980. The predicted molar refractivity (Wildman–Crippen MR) is 185 cm³/mol. The van der Waals surface area contributed by atoms with E-state index in [1.54, 1.807) is 109 Å². The number of imidazole rings is 1. The second kappa shape index (κ2) is 15.6. The SMILES string of the molecule is C=CCCNc1nc([NH][Tl])nc2c1ncn2C1OC(COC(=O)c2ccccc2)[C@@H](OC(=O)c2ccccc2)[C@@]1(C)OC(=O)c1ccccc1. The Morgan fingerprint density at radius 1 is 0.920 bits per heavy atom. The van der Waals surface area contributed by atoms with E-state index < -0.39 is 41.9 Å². The summed E-state index contributed by atoms with van der Waals surface area (Å²) < 4.78 is 29.5. The summed E-state index contributed by atoms with van der Waals surface area (Å²) in [5.41, 5.74) is -0.0220. The van der Waals surface area contributed by atoms with E-state index in [0.717, 1.165) is 0 Å². The number of aromatic nitrogens is 4. The third kappa shape index (κ3) is 7.38. The van der Waals surface area contributed by atoms with Crippen molar-refractivity contribution in [3.05, 3.63) is 127 Å². The molecular weight excluding hydrogens is 833 g/mol. The number of nitrogens with zero attached hydrogens (tertiary/aromatic N) is 4. The molecule has 50 heavy (non-hydrogen) atoms. The molecule has 2 unspecified atom stereocenters. The second-order valence-electron chi connectivity index (χ2n) is 11.5. The molecule has 3 heterocycles. The summed E-state index contributed by atoms with van der Waals surface area (Å²) in [5.74, 6) is -1.12. The van der Waals surface area contributed by atoms with Crippen molar-refractivity contribution in [2.24, 2.45) is 0 Å². The fourth-order valence-electron chi connectivity index (χ4n) is 5.63. The van der Waals surface area contributed by atoms with E-state index >= 15 is 0 Å². The minimum absolute atomic E-state index is 0.271. The molecule has 14 heteroatoms. The maximum absolute atomic E-state index is 13.8. The van der Waals surface area contributed by atoms with Gasteiger partial charge in [-0.15, -0.1) is 0 Å². The van der Waals surface area contributed by atoms with Crippen molar-refractivity contribution in [3.63, 3.8) is 0 Å². The van der Waals surface area contributed by atoms with Gasteiger partial charge in [0, 0.05) is 0 Å². The van der Waals surface area contributed by atoms with Gasteiger partial charge in [-0.3, -0.25) is 0 Å². The van der Waals surface area contributed by atoms with Crippen LogP contribution < -0.4 is 8.44 Å². The molecule has 2 N–H and O–H groups in total. The molecular formula is C36H33N6O7Tl. The predicted octanol–water partition coefficient (Wildman–Crippen LogP) is 4.91. The second-order valence-corrected chi connectivity index (χ2v) is 12.6. The molecule has 0 radical (unpaired) electrons. The first-order chi connectivity index (χ1) is 24.3. The maximum atomic E-state index is 13.8. The fraction of sp³-hybridized carbons (Fsp3) is 0.222. The summed E-state index contributed by atoms with van der Waals surface area (Å²) in [4.78, 5) is 54.4. The number of benzene rings is 3. The third-order valence-electron chi connectivity index (χ3n) is 8.09. The summed E-state index contributed by atoms with van der Waals surface area (Å²) in [6, 6.07) is 25.3. The first-order valence-corrected chi connectivity index (χ1v) is 18.0. The normalized spacial score (nSPS) is 19.7. The molecule has 6 rings (SSSR count). The van der Waals surface area contributed by atoms with Gasteiger partial charge in [0.25, 0.3) is 0 Å². The van der Waals surface area contributed by atoms with Crippen LogP contribution in [0.25, 0.3) is 11.2 Å². The van der Waals surface area contributed by atoms with E-state index in [-0.39, 0.29) is 17.7 Å². The number of nitrogens with one attached hydrogen (secondary N) is 2. The van der Waals surface area contributed by atoms with Gasteiger partial charge in [-0.2, -0.15) is 0 Å². The first-order valence-electron chi connectivity index (χ1n) is 15.8. The van der Waals surface area contributed by atoms with Crippen molar-refractivity contribution in [2.45, 2.75) is 37.4 Å². The molecule has 0 amide bonds. The number of hydrogen-bond acceptors (Lipinski definition) is 12. The number of fused-ring (bicyclic) bond motifs is 1. The Hall–Kier alpha value is -5.16. The van der Waals surface area contributed by atoms with Crippen LogP contribution >= 0.6 is 0 Å². The summed E-state index contributed by atoms with van der Waals surface area (Å²) in [6.45, 7) is 5.62. The summed E-state index contributed by atoms with van der Waals surface area (Å²) in [5, 5.41) is 3.28. The van der Waals surface area contributed by atoms with Crippen LogP contribution in [0.2, 0.25) is 0 Å². The monoisotopic (exact) mass is 866 g/mol. The Kier molecular flexibility index (Phi) is 10.8. The number of rotatable bonds is 13. The molecule has 1 fully saturated rings. The zero-order chi connectivity index (χ0) is 35.1. The number of anilines is 2. The van der Waals surface area contributed by atoms with E-state index in [1.165, 1.54) is 6.33 Å². The van der Waals surface area contributed by atoms with Crippen LogP contribution in [0.4, 0.5) is 11.8 Å². The van der Waals surface area contributed by atoms with E-state index in [2.05, 4.69) is 25.0 Å². The molecule has 0 bridgehead atoms. The van der Waals surface area contributed by atoms with Crippen molar-refractivity contribution in [1.29, 1.82) is 0 Å². The van der Waals surface area contributed by atoms with Crippen LogP contribution in [-0.4, -0.2) is 94.5 Å². The number of ether oxygens (including phenoxy) is 4. The van der Waals surface area contributed by atoms with Gasteiger partial charge in [0.1, 0.15) is 0 Å². The molecule has 5 aromatic rings. The van der Waals surface area contributed by atoms with Gasteiger partial charge in [0.2, 0.25) is 0 Å². The van der Waals surface area contributed by atoms with Gasteiger partial charge < -0.3 is 0 Å². The number of hydrogen-bond donors (Lipinski definition) is 2. The molecule has 0 spiro atoms. The standard InChI is InChI=1S/C36H33N6O7.Tl/c1-3-4-20-38-29-27-30(41-35(37)40-29)42(22-39-27)34-36(2,49-33(45)25-18-12-7-13-19-25)28(48-32(44)24-16-10-6-11-17-24)26(47-34)21-46-31(43)23-14-8-5-9-15-23;/h3,5-19,22,26,28,34H,1,4,20-21H2,2H3,(H2-,37,38,40,41);/q-1;+1/t26?,28-,34?,36-;/m1./s1. The van der Waals surface area contributed by atoms with Crippen molar-refractivity contribution in [3.8, 4) is 0 Å². The molecule has 2 aromatic heterocycles. The summed E-state index contributed by atoms with van der Waals surface area (Å²) in [6.07, 6.45) is 0.473. The molecule has 4 atom stereocenters. The number of esters is 3. The van der Waals surface area contributed by atoms with Gasteiger partial charge in [0.05, 0.1) is 0 Å². The molecule has 3 aromatic carbocycles. The van der Waals surface area contributed by atoms with Crippen LogP contribution in [0.1, 0.15) is 50.6 Å². The Balaban J connectivity index is 1.44. The van der Waals surface area contributed by atoms with Crippen LogP contribution in [0.3, 0.4) is 0 Å². The van der Waals surface area contributed by atoms with Gasteiger partial charge in [-0.05, 0) is 12.1 Å². The van der Waals surface area contributed by atoms with Gasteiger partial charge >= 0.3 is 251 Å². The quantitative estimate of drug-likeness (QED) is 0.0544. The topological polar surface area (TPSA) is 156 Å². The van der Waals surface area contributed by atoms with Gasteiger partial charge in [0.15, 0.2) is 0 Å². The van der Waals surface area contributed by atoms with Gasteiger partial charge in [-0.1, -0.05) is 42.5 Å². The van der Waals surface area contributed by atoms with Crippen molar-refractivity contribution < 1.29 is 33.3 Å². The van der Waals surface area contributed by atoms with E-state index in [0.29, 0.717) is 67.5 Å². The average molecular weight is 866 g/mol. The zero-order valence-corrected chi connectivity index (χ0v) is 31.6. The molecule has 13 nitrogen and oxygen atoms in total. The Morgan fingerprint density at radius 2 is 1.52 bits per heavy atom.